The fourth-order valence-corrected chi connectivity index (χ4v) is 2.13. The largest absolute Gasteiger partial charge is 0.352 e. The molecule has 0 aliphatic heterocycles. The highest BCUT2D eigenvalue weighted by Crippen LogP contribution is 2.20. The molecule has 0 saturated carbocycles. The van der Waals surface area contributed by atoms with E-state index in [1.54, 1.807) is 42.2 Å². The van der Waals surface area contributed by atoms with Crippen LogP contribution in [0.1, 0.15) is 18.0 Å². The standard InChI is InChI=1S/C14H16ClN5O2/c1-20-8-11(7-17-20)18-13(21)6-12(19-14(16)22)9-2-4-10(15)5-3-9/h2-5,7-8,12H,6H2,1H3,(H,18,21)(H3,16,19,22). The van der Waals surface area contributed by atoms with Crippen LogP contribution in [0, 0.1) is 0 Å². The highest BCUT2D eigenvalue weighted by atomic mass is 35.5. The van der Waals surface area contributed by atoms with Crippen molar-refractivity contribution in [3.8, 4) is 0 Å². The Balaban J connectivity index is 2.07. The summed E-state index contributed by atoms with van der Waals surface area (Å²) < 4.78 is 1.58. The molecule has 1 heterocycles. The third-order valence-corrected chi connectivity index (χ3v) is 3.22. The number of carbonyl (C=O) groups excluding carboxylic acids is 2. The van der Waals surface area contributed by atoms with Crippen molar-refractivity contribution >= 4 is 29.2 Å². The Kier molecular flexibility index (Phi) is 5.00. The first kappa shape index (κ1) is 15.8. The molecular weight excluding hydrogens is 306 g/mol. The van der Waals surface area contributed by atoms with Crippen LogP contribution in [0.4, 0.5) is 10.5 Å². The Hall–Kier alpha value is -2.54. The molecule has 1 unspecified atom stereocenters. The summed E-state index contributed by atoms with van der Waals surface area (Å²) in [7, 11) is 1.75. The molecule has 0 aliphatic rings. The number of aromatic nitrogens is 2. The minimum absolute atomic E-state index is 0.0411. The van der Waals surface area contributed by atoms with E-state index in [9.17, 15) is 9.59 Å². The summed E-state index contributed by atoms with van der Waals surface area (Å²) in [5.41, 5.74) is 6.50. The second-order valence-electron chi connectivity index (χ2n) is 4.77. The average molecular weight is 322 g/mol. The van der Waals surface area contributed by atoms with Crippen LogP contribution >= 0.6 is 11.6 Å². The van der Waals surface area contributed by atoms with E-state index < -0.39 is 12.1 Å². The van der Waals surface area contributed by atoms with E-state index in [1.165, 1.54) is 6.20 Å². The lowest BCUT2D eigenvalue weighted by Gasteiger charge is -2.17. The minimum atomic E-state index is -0.700. The smallest absolute Gasteiger partial charge is 0.312 e. The number of carbonyl (C=O) groups is 2. The Labute approximate surface area is 132 Å². The summed E-state index contributed by atoms with van der Waals surface area (Å²) in [6.07, 6.45) is 3.26. The maximum absolute atomic E-state index is 12.1. The molecule has 0 aliphatic carbocycles. The van der Waals surface area contributed by atoms with Gasteiger partial charge in [-0.2, -0.15) is 5.10 Å². The van der Waals surface area contributed by atoms with Gasteiger partial charge in [0.25, 0.3) is 0 Å². The first-order chi connectivity index (χ1) is 10.4. The third-order valence-electron chi connectivity index (χ3n) is 2.97. The van der Waals surface area contributed by atoms with Gasteiger partial charge in [-0.15, -0.1) is 0 Å². The number of nitrogens with two attached hydrogens (primary N) is 1. The SMILES string of the molecule is Cn1cc(NC(=O)CC(NC(N)=O)c2ccc(Cl)cc2)cn1. The summed E-state index contributed by atoms with van der Waals surface area (Å²) in [4.78, 5) is 23.2. The summed E-state index contributed by atoms with van der Waals surface area (Å²) in [6.45, 7) is 0. The summed E-state index contributed by atoms with van der Waals surface area (Å²) in [5.74, 6) is -0.262. The molecule has 0 saturated heterocycles. The number of aryl methyl sites for hydroxylation is 1. The monoisotopic (exact) mass is 321 g/mol. The fourth-order valence-electron chi connectivity index (χ4n) is 2.00. The Morgan fingerprint density at radius 1 is 1.36 bits per heavy atom. The van der Waals surface area contributed by atoms with Crippen molar-refractivity contribution in [2.45, 2.75) is 12.5 Å². The number of hydrogen-bond donors (Lipinski definition) is 3. The molecule has 1 aromatic heterocycles. The Bertz CT molecular complexity index is 668. The number of nitrogens with one attached hydrogen (secondary N) is 2. The molecule has 116 valence electrons. The summed E-state index contributed by atoms with van der Waals surface area (Å²) >= 11 is 5.84. The molecule has 8 heteroatoms. The van der Waals surface area contributed by atoms with Crippen LogP contribution < -0.4 is 16.4 Å². The maximum atomic E-state index is 12.1. The van der Waals surface area contributed by atoms with Gasteiger partial charge in [0.1, 0.15) is 0 Å². The van der Waals surface area contributed by atoms with Crippen LogP contribution in [0.25, 0.3) is 0 Å². The number of urea groups is 1. The summed E-state index contributed by atoms with van der Waals surface area (Å²) in [6, 6.07) is 5.61. The van der Waals surface area contributed by atoms with Crippen LogP contribution in [0.15, 0.2) is 36.7 Å². The van der Waals surface area contributed by atoms with E-state index in [0.717, 1.165) is 5.56 Å². The van der Waals surface area contributed by atoms with Crippen molar-refractivity contribution in [2.24, 2.45) is 12.8 Å². The van der Waals surface area contributed by atoms with Gasteiger partial charge in [-0.25, -0.2) is 4.79 Å². The lowest BCUT2D eigenvalue weighted by atomic mass is 10.0. The van der Waals surface area contributed by atoms with Crippen molar-refractivity contribution < 1.29 is 9.59 Å². The van der Waals surface area contributed by atoms with Crippen LogP contribution in [0.5, 0.6) is 0 Å². The molecule has 7 nitrogen and oxygen atoms in total. The molecule has 0 fully saturated rings. The molecule has 1 atom stereocenters. The van der Waals surface area contributed by atoms with Gasteiger partial charge in [-0.3, -0.25) is 9.48 Å². The minimum Gasteiger partial charge on any atom is -0.352 e. The van der Waals surface area contributed by atoms with Crippen LogP contribution in [-0.4, -0.2) is 21.7 Å². The molecule has 0 spiro atoms. The molecule has 3 amide bonds. The van der Waals surface area contributed by atoms with Crippen molar-refractivity contribution in [1.29, 1.82) is 0 Å². The quantitative estimate of drug-likeness (QED) is 0.782. The number of anilines is 1. The maximum Gasteiger partial charge on any atom is 0.312 e. The predicted molar refractivity (Wildman–Crippen MR) is 83.4 cm³/mol. The van der Waals surface area contributed by atoms with Crippen molar-refractivity contribution in [1.82, 2.24) is 15.1 Å². The van der Waals surface area contributed by atoms with E-state index in [0.29, 0.717) is 10.7 Å². The highest BCUT2D eigenvalue weighted by molar-refractivity contribution is 6.30. The first-order valence-electron chi connectivity index (χ1n) is 6.54. The van der Waals surface area contributed by atoms with Crippen LogP contribution in [-0.2, 0) is 11.8 Å². The molecule has 0 radical (unpaired) electrons. The second-order valence-corrected chi connectivity index (χ2v) is 5.20. The lowest BCUT2D eigenvalue weighted by molar-refractivity contribution is -0.116. The molecular formula is C14H16ClN5O2. The van der Waals surface area contributed by atoms with Crippen LogP contribution in [0.2, 0.25) is 5.02 Å². The van der Waals surface area contributed by atoms with Gasteiger partial charge in [0.15, 0.2) is 0 Å². The zero-order valence-electron chi connectivity index (χ0n) is 11.9. The van der Waals surface area contributed by atoms with Crippen LogP contribution in [0.3, 0.4) is 0 Å². The van der Waals surface area contributed by atoms with Gasteiger partial charge in [-0.1, -0.05) is 23.7 Å². The van der Waals surface area contributed by atoms with Gasteiger partial charge in [0.2, 0.25) is 5.91 Å². The van der Waals surface area contributed by atoms with Gasteiger partial charge in [0, 0.05) is 18.3 Å². The fraction of sp³-hybridized carbons (Fsp3) is 0.214. The number of rotatable bonds is 5. The number of benzene rings is 1. The van der Waals surface area contributed by atoms with Gasteiger partial charge < -0.3 is 16.4 Å². The average Bonchev–Trinajstić information content (AvgIpc) is 2.83. The zero-order valence-corrected chi connectivity index (χ0v) is 12.7. The van der Waals surface area contributed by atoms with E-state index in [4.69, 9.17) is 17.3 Å². The van der Waals surface area contributed by atoms with Crippen molar-refractivity contribution in [3.63, 3.8) is 0 Å². The molecule has 0 bridgehead atoms. The molecule has 1 aromatic carbocycles. The Morgan fingerprint density at radius 2 is 2.05 bits per heavy atom. The molecule has 2 rings (SSSR count). The Morgan fingerprint density at radius 3 is 2.59 bits per heavy atom. The van der Waals surface area contributed by atoms with Crippen molar-refractivity contribution in [2.75, 3.05) is 5.32 Å². The van der Waals surface area contributed by atoms with Gasteiger partial charge in [0.05, 0.1) is 24.3 Å². The van der Waals surface area contributed by atoms with Gasteiger partial charge in [-0.05, 0) is 17.7 Å². The zero-order chi connectivity index (χ0) is 16.1. The number of primary amides is 1. The first-order valence-corrected chi connectivity index (χ1v) is 6.92. The highest BCUT2D eigenvalue weighted by Gasteiger charge is 2.18. The summed E-state index contributed by atoms with van der Waals surface area (Å²) in [5, 5.41) is 9.79. The number of halogens is 1. The number of hydrogen-bond acceptors (Lipinski definition) is 3. The predicted octanol–water partition coefficient (Wildman–Crippen LogP) is 1.81. The normalized spacial score (nSPS) is 11.7. The van der Waals surface area contributed by atoms with E-state index in [2.05, 4.69) is 15.7 Å². The van der Waals surface area contributed by atoms with E-state index in [1.807, 2.05) is 0 Å². The molecule has 4 N–H and O–H groups in total. The van der Waals surface area contributed by atoms with E-state index >= 15 is 0 Å². The number of nitrogens with zero attached hydrogens (tertiary/aromatic N) is 2. The van der Waals surface area contributed by atoms with E-state index in [-0.39, 0.29) is 12.3 Å². The topological polar surface area (TPSA) is 102 Å². The third kappa shape index (κ3) is 4.49. The molecule has 2 aromatic rings. The second kappa shape index (κ2) is 6.95. The lowest BCUT2D eigenvalue weighted by Crippen LogP contribution is -2.35. The molecule has 22 heavy (non-hydrogen) atoms. The van der Waals surface area contributed by atoms with Crippen molar-refractivity contribution in [3.05, 3.63) is 47.2 Å². The number of amides is 3. The van der Waals surface area contributed by atoms with Gasteiger partial charge >= 0.3 is 6.03 Å².